The van der Waals surface area contributed by atoms with Crippen molar-refractivity contribution in [1.29, 1.82) is 0 Å². The number of carbonyl (C=O) groups excluding carboxylic acids is 2. The average molecular weight is 405 g/mol. The highest BCUT2D eigenvalue weighted by atomic mass is 16.6. The Morgan fingerprint density at radius 1 is 1.24 bits per heavy atom. The van der Waals surface area contributed by atoms with Crippen molar-refractivity contribution in [3.05, 3.63) is 23.8 Å². The molecular formula is C24H36O5. The lowest BCUT2D eigenvalue weighted by Crippen LogP contribution is -2.54. The Hall–Kier alpha value is -1.62. The number of hydrogen-bond donors (Lipinski definition) is 0. The highest BCUT2D eigenvalue weighted by Crippen LogP contribution is 2.61. The summed E-state index contributed by atoms with van der Waals surface area (Å²) in [6.07, 6.45) is 8.09. The molecule has 162 valence electrons. The summed E-state index contributed by atoms with van der Waals surface area (Å²) >= 11 is 0. The van der Waals surface area contributed by atoms with E-state index in [1.807, 2.05) is 13.0 Å². The van der Waals surface area contributed by atoms with Gasteiger partial charge in [-0.3, -0.25) is 9.59 Å². The van der Waals surface area contributed by atoms with Crippen molar-refractivity contribution in [3.8, 4) is 0 Å². The standard InChI is InChI=1S/C24H36O5/c1-15(14-27-17(3)25)7-9-21(28-18(4)26)23(5)13-19-16(2)8-10-22-24(6,29-22)12-11-20(19)23/h7,19-22H,2,8-14H2,1,3-6H3/b15-7-/t19-,20-,21?,22-,23-,24-/m0/s1. The van der Waals surface area contributed by atoms with Crippen LogP contribution in [-0.2, 0) is 23.8 Å². The summed E-state index contributed by atoms with van der Waals surface area (Å²) in [4.78, 5) is 22.9. The molecule has 0 amide bonds. The Balaban J connectivity index is 1.74. The van der Waals surface area contributed by atoms with Gasteiger partial charge in [0.05, 0.1) is 11.7 Å². The van der Waals surface area contributed by atoms with E-state index in [2.05, 4.69) is 20.4 Å². The predicted octanol–water partition coefficient (Wildman–Crippen LogP) is 4.75. The van der Waals surface area contributed by atoms with Crippen molar-refractivity contribution in [2.45, 2.75) is 91.0 Å². The van der Waals surface area contributed by atoms with Crippen LogP contribution >= 0.6 is 0 Å². The van der Waals surface area contributed by atoms with Crippen LogP contribution in [0.4, 0.5) is 0 Å². The van der Waals surface area contributed by atoms with E-state index in [-0.39, 0.29) is 35.7 Å². The SMILES string of the molecule is C=C1CC[C@@H]2O[C@@]2(C)CC[C@H]2[C@H]1C[C@]2(C)C(C/C=C(/C)COC(C)=O)OC(C)=O. The molecule has 0 aromatic heterocycles. The molecule has 2 saturated carbocycles. The number of rotatable bonds is 6. The second-order valence-electron chi connectivity index (χ2n) is 9.74. The zero-order valence-corrected chi connectivity index (χ0v) is 18.6. The summed E-state index contributed by atoms with van der Waals surface area (Å²) in [7, 11) is 0. The summed E-state index contributed by atoms with van der Waals surface area (Å²) < 4.78 is 16.9. The molecule has 0 bridgehead atoms. The molecule has 6 atom stereocenters. The highest BCUT2D eigenvalue weighted by molar-refractivity contribution is 5.66. The van der Waals surface area contributed by atoms with Gasteiger partial charge in [-0.15, -0.1) is 0 Å². The zero-order valence-electron chi connectivity index (χ0n) is 18.6. The summed E-state index contributed by atoms with van der Waals surface area (Å²) in [6, 6.07) is 0. The summed E-state index contributed by atoms with van der Waals surface area (Å²) in [5.74, 6) is 0.415. The lowest BCUT2D eigenvalue weighted by atomic mass is 9.49. The van der Waals surface area contributed by atoms with Crippen LogP contribution in [0.1, 0.15) is 73.1 Å². The third-order valence-electron chi connectivity index (χ3n) is 7.46. The minimum absolute atomic E-state index is 0.0170. The molecule has 0 spiro atoms. The Morgan fingerprint density at radius 3 is 2.62 bits per heavy atom. The van der Waals surface area contributed by atoms with E-state index in [4.69, 9.17) is 14.2 Å². The molecule has 2 aliphatic carbocycles. The number of allylic oxidation sites excluding steroid dienone is 1. The van der Waals surface area contributed by atoms with E-state index in [9.17, 15) is 9.59 Å². The Bertz CT molecular complexity index is 710. The van der Waals surface area contributed by atoms with Crippen molar-refractivity contribution in [2.24, 2.45) is 17.3 Å². The third-order valence-corrected chi connectivity index (χ3v) is 7.46. The first kappa shape index (κ1) is 22.1. The van der Waals surface area contributed by atoms with Crippen molar-refractivity contribution < 1.29 is 23.8 Å². The number of carbonyl (C=O) groups is 2. The molecule has 3 rings (SSSR count). The molecule has 1 unspecified atom stereocenters. The fourth-order valence-electron chi connectivity index (χ4n) is 5.45. The van der Waals surface area contributed by atoms with Gasteiger partial charge in [0.15, 0.2) is 0 Å². The van der Waals surface area contributed by atoms with Gasteiger partial charge in [-0.2, -0.15) is 0 Å². The van der Waals surface area contributed by atoms with Gasteiger partial charge in [0.1, 0.15) is 12.7 Å². The van der Waals surface area contributed by atoms with Crippen LogP contribution in [0.3, 0.4) is 0 Å². The Kier molecular flexibility index (Phi) is 6.28. The second-order valence-corrected chi connectivity index (χ2v) is 9.74. The molecular weight excluding hydrogens is 368 g/mol. The van der Waals surface area contributed by atoms with Gasteiger partial charge in [-0.1, -0.05) is 25.2 Å². The molecule has 1 heterocycles. The van der Waals surface area contributed by atoms with E-state index in [1.54, 1.807) is 0 Å². The first-order valence-electron chi connectivity index (χ1n) is 10.9. The molecule has 0 aromatic rings. The van der Waals surface area contributed by atoms with Gasteiger partial charge in [-0.05, 0) is 63.4 Å². The zero-order chi connectivity index (χ0) is 21.4. The maximum absolute atomic E-state index is 11.9. The van der Waals surface area contributed by atoms with Gasteiger partial charge in [0, 0.05) is 25.7 Å². The molecule has 1 saturated heterocycles. The molecule has 5 nitrogen and oxygen atoms in total. The smallest absolute Gasteiger partial charge is 0.302 e. The van der Waals surface area contributed by atoms with E-state index < -0.39 is 0 Å². The number of esters is 2. The monoisotopic (exact) mass is 404 g/mol. The molecule has 29 heavy (non-hydrogen) atoms. The van der Waals surface area contributed by atoms with Gasteiger partial charge < -0.3 is 14.2 Å². The highest BCUT2D eigenvalue weighted by Gasteiger charge is 2.59. The van der Waals surface area contributed by atoms with Crippen molar-refractivity contribution in [1.82, 2.24) is 0 Å². The quantitative estimate of drug-likeness (QED) is 0.363. The molecule has 0 N–H and O–H groups in total. The first-order valence-corrected chi connectivity index (χ1v) is 10.9. The van der Waals surface area contributed by atoms with E-state index in [0.717, 1.165) is 37.7 Å². The topological polar surface area (TPSA) is 65.1 Å². The second kappa shape index (κ2) is 8.25. The minimum Gasteiger partial charge on any atom is -0.462 e. The van der Waals surface area contributed by atoms with Gasteiger partial charge in [0.25, 0.3) is 0 Å². The lowest BCUT2D eigenvalue weighted by Gasteiger charge is -2.57. The van der Waals surface area contributed by atoms with Crippen LogP contribution in [0.5, 0.6) is 0 Å². The first-order chi connectivity index (χ1) is 13.5. The van der Waals surface area contributed by atoms with Crippen LogP contribution in [-0.4, -0.2) is 36.4 Å². The fraction of sp³-hybridized carbons (Fsp3) is 0.750. The van der Waals surface area contributed by atoms with Crippen molar-refractivity contribution >= 4 is 11.9 Å². The van der Waals surface area contributed by atoms with E-state index in [1.165, 1.54) is 19.4 Å². The van der Waals surface area contributed by atoms with Crippen LogP contribution in [0.15, 0.2) is 23.8 Å². The maximum atomic E-state index is 11.9. The third kappa shape index (κ3) is 4.76. The van der Waals surface area contributed by atoms with Gasteiger partial charge >= 0.3 is 11.9 Å². The summed E-state index contributed by atoms with van der Waals surface area (Å²) in [6.45, 7) is 14.0. The summed E-state index contributed by atoms with van der Waals surface area (Å²) in [5.41, 5.74) is 2.24. The van der Waals surface area contributed by atoms with Gasteiger partial charge in [-0.25, -0.2) is 0 Å². The minimum atomic E-state index is -0.290. The van der Waals surface area contributed by atoms with E-state index in [0.29, 0.717) is 24.4 Å². The van der Waals surface area contributed by atoms with Crippen molar-refractivity contribution in [3.63, 3.8) is 0 Å². The Labute approximate surface area is 174 Å². The molecule has 3 fully saturated rings. The van der Waals surface area contributed by atoms with Crippen LogP contribution in [0.25, 0.3) is 0 Å². The molecule has 3 aliphatic rings. The maximum Gasteiger partial charge on any atom is 0.302 e. The summed E-state index contributed by atoms with van der Waals surface area (Å²) in [5, 5.41) is 0. The van der Waals surface area contributed by atoms with Crippen molar-refractivity contribution in [2.75, 3.05) is 6.61 Å². The number of epoxide rings is 1. The molecule has 0 aromatic carbocycles. The van der Waals surface area contributed by atoms with Gasteiger partial charge in [0.2, 0.25) is 0 Å². The molecule has 0 radical (unpaired) electrons. The predicted molar refractivity (Wildman–Crippen MR) is 111 cm³/mol. The van der Waals surface area contributed by atoms with E-state index >= 15 is 0 Å². The lowest BCUT2D eigenvalue weighted by molar-refractivity contribution is -0.170. The van der Waals surface area contributed by atoms with Crippen LogP contribution in [0, 0.1) is 17.3 Å². The molecule has 1 aliphatic heterocycles. The number of fused-ring (bicyclic) bond motifs is 2. The van der Waals surface area contributed by atoms with Crippen LogP contribution < -0.4 is 0 Å². The normalized spacial score (nSPS) is 37.6. The fourth-order valence-corrected chi connectivity index (χ4v) is 5.45. The largest absolute Gasteiger partial charge is 0.462 e. The Morgan fingerprint density at radius 2 is 1.97 bits per heavy atom. The molecule has 5 heteroatoms. The number of hydrogen-bond acceptors (Lipinski definition) is 5. The average Bonchev–Trinajstić information content (AvgIpc) is 3.27. The number of ether oxygens (including phenoxy) is 3. The van der Waals surface area contributed by atoms with Crippen LogP contribution in [0.2, 0.25) is 0 Å².